The second kappa shape index (κ2) is 7.02. The third kappa shape index (κ3) is 2.98. The lowest BCUT2D eigenvalue weighted by Gasteiger charge is -2.28. The molecular weight excluding hydrogens is 352 g/mol. The molecule has 1 atom stereocenters. The molecule has 1 aliphatic carbocycles. The Balaban J connectivity index is 1.41. The molecule has 2 aliphatic rings. The Hall–Kier alpha value is -2.73. The molecular formula is C22H24N4O2. The average Bonchev–Trinajstić information content (AvgIpc) is 3.48. The molecule has 0 bridgehead atoms. The minimum Gasteiger partial charge on any atom is -0.370 e. The van der Waals surface area contributed by atoms with Crippen LogP contribution in [0.5, 0.6) is 0 Å². The van der Waals surface area contributed by atoms with E-state index in [4.69, 9.17) is 4.74 Å². The van der Waals surface area contributed by atoms with Crippen LogP contribution in [0.25, 0.3) is 11.0 Å². The molecule has 1 saturated carbocycles. The van der Waals surface area contributed by atoms with Gasteiger partial charge in [0.15, 0.2) is 0 Å². The molecule has 5 rings (SSSR count). The summed E-state index contributed by atoms with van der Waals surface area (Å²) < 4.78 is 5.72. The van der Waals surface area contributed by atoms with Gasteiger partial charge in [0.25, 0.3) is 0 Å². The first-order valence-corrected chi connectivity index (χ1v) is 10.1. The van der Waals surface area contributed by atoms with Crippen molar-refractivity contribution in [2.24, 2.45) is 0 Å². The molecule has 2 fully saturated rings. The van der Waals surface area contributed by atoms with Crippen LogP contribution in [0.4, 0.5) is 5.69 Å². The van der Waals surface area contributed by atoms with Gasteiger partial charge in [-0.1, -0.05) is 18.9 Å². The third-order valence-electron chi connectivity index (χ3n) is 6.10. The fourth-order valence-electron chi connectivity index (χ4n) is 4.57. The predicted molar refractivity (Wildman–Crippen MR) is 107 cm³/mol. The molecule has 1 unspecified atom stereocenters. The number of anilines is 1. The number of hydrogen-bond acceptors (Lipinski definition) is 4. The number of fused-ring (bicyclic) bond motifs is 1. The highest BCUT2D eigenvalue weighted by Crippen LogP contribution is 2.42. The molecule has 1 saturated heterocycles. The maximum atomic E-state index is 13.3. The number of aromatic amines is 1. The number of benzene rings is 1. The number of carbonyl (C=O) groups is 1. The van der Waals surface area contributed by atoms with Gasteiger partial charge in [-0.15, -0.1) is 0 Å². The number of rotatable bonds is 4. The Bertz CT molecular complexity index is 986. The lowest BCUT2D eigenvalue weighted by molar-refractivity contribution is -0.121. The molecule has 6 heteroatoms. The second-order valence-electron chi connectivity index (χ2n) is 7.84. The van der Waals surface area contributed by atoms with E-state index in [1.54, 1.807) is 6.20 Å². The van der Waals surface area contributed by atoms with Gasteiger partial charge in [-0.05, 0) is 55.5 Å². The van der Waals surface area contributed by atoms with Gasteiger partial charge in [-0.2, -0.15) is 0 Å². The normalized spacial score (nSPS) is 21.2. The summed E-state index contributed by atoms with van der Waals surface area (Å²) in [6.45, 7) is 0.791. The van der Waals surface area contributed by atoms with Crippen LogP contribution in [-0.4, -0.2) is 27.5 Å². The number of H-pyrrole nitrogens is 1. The highest BCUT2D eigenvalue weighted by atomic mass is 16.5. The zero-order chi connectivity index (χ0) is 19.0. The number of nitrogens with zero attached hydrogens (tertiary/aromatic N) is 2. The van der Waals surface area contributed by atoms with Crippen LogP contribution in [0.2, 0.25) is 0 Å². The van der Waals surface area contributed by atoms with E-state index in [1.165, 1.54) is 0 Å². The lowest BCUT2D eigenvalue weighted by atomic mass is 9.78. The number of aromatic nitrogens is 3. The third-order valence-corrected chi connectivity index (χ3v) is 6.10. The SMILES string of the molecule is O=C(Nc1ccc2nc(C3CCCO3)[nH]c2c1)C1(c2cccnc2)CCCC1. The number of nitrogens with one attached hydrogen (secondary N) is 2. The van der Waals surface area contributed by atoms with Gasteiger partial charge in [0, 0.05) is 24.7 Å². The quantitative estimate of drug-likeness (QED) is 0.713. The summed E-state index contributed by atoms with van der Waals surface area (Å²) in [5, 5.41) is 3.15. The van der Waals surface area contributed by atoms with Crippen LogP contribution in [0.3, 0.4) is 0 Å². The van der Waals surface area contributed by atoms with Crippen LogP contribution < -0.4 is 5.32 Å². The molecule has 1 aromatic carbocycles. The highest BCUT2D eigenvalue weighted by Gasteiger charge is 2.42. The van der Waals surface area contributed by atoms with Crippen LogP contribution in [-0.2, 0) is 14.9 Å². The number of carbonyl (C=O) groups excluding carboxylic acids is 1. The van der Waals surface area contributed by atoms with Crippen molar-refractivity contribution in [1.82, 2.24) is 15.0 Å². The van der Waals surface area contributed by atoms with Gasteiger partial charge in [-0.25, -0.2) is 4.98 Å². The van der Waals surface area contributed by atoms with Gasteiger partial charge >= 0.3 is 0 Å². The maximum Gasteiger partial charge on any atom is 0.235 e. The first kappa shape index (κ1) is 17.4. The number of amides is 1. The Morgan fingerprint density at radius 1 is 1.21 bits per heavy atom. The zero-order valence-electron chi connectivity index (χ0n) is 15.8. The molecule has 3 heterocycles. The van der Waals surface area contributed by atoms with E-state index in [0.717, 1.165) is 73.2 Å². The Morgan fingerprint density at radius 3 is 2.86 bits per heavy atom. The number of hydrogen-bond donors (Lipinski definition) is 2. The highest BCUT2D eigenvalue weighted by molar-refractivity contribution is 6.00. The Labute approximate surface area is 163 Å². The van der Waals surface area contributed by atoms with Crippen LogP contribution >= 0.6 is 0 Å². The minimum atomic E-state index is -0.486. The zero-order valence-corrected chi connectivity index (χ0v) is 15.8. The number of imidazole rings is 1. The van der Waals surface area contributed by atoms with E-state index < -0.39 is 5.41 Å². The van der Waals surface area contributed by atoms with E-state index in [0.29, 0.717) is 0 Å². The standard InChI is InChI=1S/C22H24N4O2/c27-21(22(9-1-2-10-22)15-5-3-11-23-14-15)24-16-7-8-17-18(13-16)26-20(25-17)19-6-4-12-28-19/h3,5,7-8,11,13-14,19H,1-2,4,6,9-10,12H2,(H,24,27)(H,25,26). The van der Waals surface area contributed by atoms with E-state index in [1.807, 2.05) is 36.5 Å². The van der Waals surface area contributed by atoms with Crippen molar-refractivity contribution < 1.29 is 9.53 Å². The topological polar surface area (TPSA) is 79.9 Å². The van der Waals surface area contributed by atoms with E-state index in [-0.39, 0.29) is 12.0 Å². The molecule has 2 N–H and O–H groups in total. The summed E-state index contributed by atoms with van der Waals surface area (Å²) in [6.07, 6.45) is 9.55. The summed E-state index contributed by atoms with van der Waals surface area (Å²) in [7, 11) is 0. The fourth-order valence-corrected chi connectivity index (χ4v) is 4.57. The van der Waals surface area contributed by atoms with Crippen LogP contribution in [0.1, 0.15) is 56.0 Å². The van der Waals surface area contributed by atoms with Gasteiger partial charge in [0.2, 0.25) is 5.91 Å². The van der Waals surface area contributed by atoms with Crippen molar-refractivity contribution in [3.8, 4) is 0 Å². The fraction of sp³-hybridized carbons (Fsp3) is 0.409. The molecule has 6 nitrogen and oxygen atoms in total. The first-order valence-electron chi connectivity index (χ1n) is 10.1. The van der Waals surface area contributed by atoms with Gasteiger partial charge in [0.05, 0.1) is 16.4 Å². The summed E-state index contributed by atoms with van der Waals surface area (Å²) >= 11 is 0. The molecule has 28 heavy (non-hydrogen) atoms. The molecule has 3 aromatic rings. The van der Waals surface area contributed by atoms with Crippen molar-refractivity contribution in [2.45, 2.75) is 50.0 Å². The largest absolute Gasteiger partial charge is 0.370 e. The average molecular weight is 376 g/mol. The summed E-state index contributed by atoms with van der Waals surface area (Å²) in [4.78, 5) is 25.6. The second-order valence-corrected chi connectivity index (χ2v) is 7.84. The number of ether oxygens (including phenoxy) is 1. The van der Waals surface area contributed by atoms with E-state index in [9.17, 15) is 4.79 Å². The molecule has 1 amide bonds. The molecule has 0 spiro atoms. The lowest BCUT2D eigenvalue weighted by Crippen LogP contribution is -2.38. The van der Waals surface area contributed by atoms with Crippen molar-refractivity contribution >= 4 is 22.6 Å². The molecule has 0 radical (unpaired) electrons. The smallest absolute Gasteiger partial charge is 0.235 e. The van der Waals surface area contributed by atoms with E-state index >= 15 is 0 Å². The monoisotopic (exact) mass is 376 g/mol. The van der Waals surface area contributed by atoms with Crippen molar-refractivity contribution in [2.75, 3.05) is 11.9 Å². The van der Waals surface area contributed by atoms with Crippen molar-refractivity contribution in [1.29, 1.82) is 0 Å². The molecule has 144 valence electrons. The Kier molecular flexibility index (Phi) is 4.36. The minimum absolute atomic E-state index is 0.0521. The van der Waals surface area contributed by atoms with Crippen LogP contribution in [0.15, 0.2) is 42.7 Å². The summed E-state index contributed by atoms with van der Waals surface area (Å²) in [5.41, 5.74) is 3.13. The summed E-state index contributed by atoms with van der Waals surface area (Å²) in [6, 6.07) is 9.76. The number of pyridine rings is 1. The van der Waals surface area contributed by atoms with Gasteiger partial charge in [0.1, 0.15) is 11.9 Å². The summed E-state index contributed by atoms with van der Waals surface area (Å²) in [5.74, 6) is 0.926. The van der Waals surface area contributed by atoms with Crippen molar-refractivity contribution in [3.05, 3.63) is 54.1 Å². The Morgan fingerprint density at radius 2 is 2.11 bits per heavy atom. The molecule has 2 aromatic heterocycles. The first-order chi connectivity index (χ1) is 13.7. The van der Waals surface area contributed by atoms with Gasteiger partial charge in [-0.3, -0.25) is 9.78 Å². The van der Waals surface area contributed by atoms with Crippen molar-refractivity contribution in [3.63, 3.8) is 0 Å². The van der Waals surface area contributed by atoms with E-state index in [2.05, 4.69) is 20.3 Å². The predicted octanol–water partition coefficient (Wildman–Crippen LogP) is 4.26. The molecule has 1 aliphatic heterocycles. The maximum absolute atomic E-state index is 13.3. The van der Waals surface area contributed by atoms with Crippen LogP contribution in [0, 0.1) is 0 Å². The van der Waals surface area contributed by atoms with Gasteiger partial charge < -0.3 is 15.0 Å².